The molecule has 0 aromatic carbocycles. The topological polar surface area (TPSA) is 49.2 Å². The molecule has 1 aromatic heterocycles. The molecule has 0 saturated carbocycles. The van der Waals surface area contributed by atoms with Gasteiger partial charge in [0.2, 0.25) is 0 Å². The Kier molecular flexibility index (Phi) is 2.71. The molecule has 1 atom stereocenters. The van der Waals surface area contributed by atoms with E-state index in [0.717, 1.165) is 50.7 Å². The Bertz CT molecular complexity index is 500. The summed E-state index contributed by atoms with van der Waals surface area (Å²) < 4.78 is 5.53. The lowest BCUT2D eigenvalue weighted by Gasteiger charge is -2.23. The largest absolute Gasteiger partial charge is 0.381 e. The molecule has 0 radical (unpaired) electrons. The zero-order valence-corrected chi connectivity index (χ0v) is 10.6. The lowest BCUT2D eigenvalue weighted by atomic mass is 9.87. The normalized spacial score (nSPS) is 26.8. The van der Waals surface area contributed by atoms with Crippen LogP contribution in [0.25, 0.3) is 0 Å². The Balaban J connectivity index is 1.88. The number of hydrogen-bond acceptors (Lipinski definition) is 4. The number of aryl methyl sites for hydroxylation is 1. The van der Waals surface area contributed by atoms with E-state index in [1.54, 1.807) is 0 Å². The molecule has 2 aliphatic heterocycles. The van der Waals surface area contributed by atoms with Gasteiger partial charge in [-0.25, -0.2) is 4.98 Å². The molecular weight excluding hydrogens is 226 g/mol. The number of pyridine rings is 1. The maximum Gasteiger partial charge on any atom is 0.146 e. The number of anilines is 1. The Hall–Kier alpha value is -1.60. The molecule has 0 amide bonds. The second-order valence-electron chi connectivity index (χ2n) is 5.41. The molecule has 2 aliphatic rings. The smallest absolute Gasteiger partial charge is 0.146 e. The van der Waals surface area contributed by atoms with Crippen LogP contribution in [-0.2, 0) is 4.74 Å². The number of rotatable bonds is 1. The summed E-state index contributed by atoms with van der Waals surface area (Å²) in [7, 11) is 0. The molecule has 1 spiro atoms. The van der Waals surface area contributed by atoms with Crippen molar-refractivity contribution in [2.45, 2.75) is 19.8 Å². The predicted octanol–water partition coefficient (Wildman–Crippen LogP) is 1.88. The zero-order valence-electron chi connectivity index (χ0n) is 10.6. The second-order valence-corrected chi connectivity index (χ2v) is 5.41. The Morgan fingerprint density at radius 1 is 1.44 bits per heavy atom. The van der Waals surface area contributed by atoms with Crippen LogP contribution in [0.5, 0.6) is 0 Å². The highest BCUT2D eigenvalue weighted by Gasteiger charge is 2.42. The molecule has 94 valence electrons. The molecule has 1 aromatic rings. The van der Waals surface area contributed by atoms with Gasteiger partial charge in [-0.05, 0) is 31.9 Å². The average Bonchev–Trinajstić information content (AvgIpc) is 3.00. The molecule has 2 saturated heterocycles. The summed E-state index contributed by atoms with van der Waals surface area (Å²) in [5.74, 6) is 0.848. The summed E-state index contributed by atoms with van der Waals surface area (Å²) in [6.07, 6.45) is 2.28. The van der Waals surface area contributed by atoms with Crippen molar-refractivity contribution in [3.8, 4) is 6.07 Å². The number of nitrogens with zero attached hydrogens (tertiary/aromatic N) is 3. The maximum atomic E-state index is 9.19. The first-order valence-corrected chi connectivity index (χ1v) is 6.43. The fourth-order valence-electron chi connectivity index (χ4n) is 2.96. The quantitative estimate of drug-likeness (QED) is 0.755. The minimum atomic E-state index is 0.304. The van der Waals surface area contributed by atoms with Crippen molar-refractivity contribution >= 4 is 5.82 Å². The van der Waals surface area contributed by atoms with Crippen LogP contribution in [0.1, 0.15) is 24.1 Å². The van der Waals surface area contributed by atoms with Crippen molar-refractivity contribution in [3.63, 3.8) is 0 Å². The standard InChI is InChI=1S/C14H17N3O/c1-11-2-3-12(8-15)13(16-11)17-6-4-14(9-17)5-7-18-10-14/h2-3H,4-7,9-10H2,1H3. The monoisotopic (exact) mass is 243 g/mol. The molecule has 2 fully saturated rings. The number of hydrogen-bond donors (Lipinski definition) is 0. The van der Waals surface area contributed by atoms with Gasteiger partial charge in [0.25, 0.3) is 0 Å². The third-order valence-electron chi connectivity index (χ3n) is 4.06. The van der Waals surface area contributed by atoms with Gasteiger partial charge in [-0.1, -0.05) is 0 Å². The van der Waals surface area contributed by atoms with E-state index < -0.39 is 0 Å². The molecule has 3 rings (SSSR count). The van der Waals surface area contributed by atoms with Crippen LogP contribution >= 0.6 is 0 Å². The van der Waals surface area contributed by atoms with E-state index >= 15 is 0 Å². The lowest BCUT2D eigenvalue weighted by Crippen LogP contribution is -2.28. The number of ether oxygens (including phenoxy) is 1. The molecule has 18 heavy (non-hydrogen) atoms. The fraction of sp³-hybridized carbons (Fsp3) is 0.571. The zero-order chi connectivity index (χ0) is 12.6. The van der Waals surface area contributed by atoms with Gasteiger partial charge in [0.1, 0.15) is 11.9 Å². The van der Waals surface area contributed by atoms with E-state index in [1.807, 2.05) is 19.1 Å². The minimum absolute atomic E-state index is 0.304. The number of aromatic nitrogens is 1. The van der Waals surface area contributed by atoms with E-state index in [0.29, 0.717) is 11.0 Å². The fourth-order valence-corrected chi connectivity index (χ4v) is 2.96. The molecule has 0 N–H and O–H groups in total. The van der Waals surface area contributed by atoms with E-state index in [-0.39, 0.29) is 0 Å². The first-order chi connectivity index (χ1) is 8.72. The van der Waals surface area contributed by atoms with Crippen molar-refractivity contribution in [2.75, 3.05) is 31.2 Å². The average molecular weight is 243 g/mol. The third kappa shape index (κ3) is 1.85. The van der Waals surface area contributed by atoms with Crippen LogP contribution < -0.4 is 4.90 Å². The van der Waals surface area contributed by atoms with Gasteiger partial charge >= 0.3 is 0 Å². The van der Waals surface area contributed by atoms with Crippen molar-refractivity contribution in [1.29, 1.82) is 5.26 Å². The van der Waals surface area contributed by atoms with Crippen LogP contribution in [0, 0.1) is 23.7 Å². The van der Waals surface area contributed by atoms with Gasteiger partial charge in [0.05, 0.1) is 12.2 Å². The molecule has 0 bridgehead atoms. The first kappa shape index (κ1) is 11.5. The summed E-state index contributed by atoms with van der Waals surface area (Å²) >= 11 is 0. The van der Waals surface area contributed by atoms with Crippen molar-refractivity contribution in [1.82, 2.24) is 4.98 Å². The minimum Gasteiger partial charge on any atom is -0.381 e. The summed E-state index contributed by atoms with van der Waals surface area (Å²) in [4.78, 5) is 6.79. The van der Waals surface area contributed by atoms with Crippen LogP contribution in [0.4, 0.5) is 5.82 Å². The Labute approximate surface area is 107 Å². The number of nitriles is 1. The van der Waals surface area contributed by atoms with E-state index in [2.05, 4.69) is 16.0 Å². The molecule has 0 aliphatic carbocycles. The molecule has 3 heterocycles. The van der Waals surface area contributed by atoms with Gasteiger partial charge in [0, 0.05) is 30.8 Å². The van der Waals surface area contributed by atoms with Crippen molar-refractivity contribution < 1.29 is 4.74 Å². The van der Waals surface area contributed by atoms with E-state index in [9.17, 15) is 5.26 Å². The van der Waals surface area contributed by atoms with Crippen molar-refractivity contribution in [3.05, 3.63) is 23.4 Å². The van der Waals surface area contributed by atoms with Gasteiger partial charge in [0.15, 0.2) is 0 Å². The highest BCUT2D eigenvalue weighted by Crippen LogP contribution is 2.40. The van der Waals surface area contributed by atoms with Crippen LogP contribution in [-0.4, -0.2) is 31.3 Å². The predicted molar refractivity (Wildman–Crippen MR) is 68.4 cm³/mol. The van der Waals surface area contributed by atoms with Crippen LogP contribution in [0.15, 0.2) is 12.1 Å². The van der Waals surface area contributed by atoms with Gasteiger partial charge in [-0.15, -0.1) is 0 Å². The summed E-state index contributed by atoms with van der Waals surface area (Å²) in [6, 6.07) is 6.01. The lowest BCUT2D eigenvalue weighted by molar-refractivity contribution is 0.160. The van der Waals surface area contributed by atoms with E-state index in [1.165, 1.54) is 0 Å². The highest BCUT2D eigenvalue weighted by molar-refractivity contribution is 5.55. The van der Waals surface area contributed by atoms with Gasteiger partial charge in [-0.3, -0.25) is 0 Å². The van der Waals surface area contributed by atoms with E-state index in [4.69, 9.17) is 4.74 Å². The van der Waals surface area contributed by atoms with Gasteiger partial charge in [-0.2, -0.15) is 5.26 Å². The molecular formula is C14H17N3O. The highest BCUT2D eigenvalue weighted by atomic mass is 16.5. The molecule has 4 nitrogen and oxygen atoms in total. The summed E-state index contributed by atoms with van der Waals surface area (Å²) in [5, 5.41) is 9.19. The van der Waals surface area contributed by atoms with Gasteiger partial charge < -0.3 is 9.64 Å². The molecule has 1 unspecified atom stereocenters. The summed E-state index contributed by atoms with van der Waals surface area (Å²) in [5.41, 5.74) is 1.95. The second kappa shape index (κ2) is 4.25. The van der Waals surface area contributed by atoms with Crippen LogP contribution in [0.3, 0.4) is 0 Å². The first-order valence-electron chi connectivity index (χ1n) is 6.43. The summed E-state index contributed by atoms with van der Waals surface area (Å²) in [6.45, 7) is 5.65. The maximum absolute atomic E-state index is 9.19. The Morgan fingerprint density at radius 2 is 2.33 bits per heavy atom. The van der Waals surface area contributed by atoms with Crippen molar-refractivity contribution in [2.24, 2.45) is 5.41 Å². The third-order valence-corrected chi connectivity index (χ3v) is 4.06. The Morgan fingerprint density at radius 3 is 3.06 bits per heavy atom. The SMILES string of the molecule is Cc1ccc(C#N)c(N2CCC3(CCOC3)C2)n1. The molecule has 4 heteroatoms. The van der Waals surface area contributed by atoms with Crippen LogP contribution in [0.2, 0.25) is 0 Å².